The van der Waals surface area contributed by atoms with Crippen molar-refractivity contribution in [2.75, 3.05) is 20.0 Å². The number of carbonyl (C=O) groups excluding carboxylic acids is 1. The van der Waals surface area contributed by atoms with Gasteiger partial charge < -0.3 is 9.47 Å². The molecule has 0 fully saturated rings. The van der Waals surface area contributed by atoms with Gasteiger partial charge in [0, 0.05) is 5.75 Å². The summed E-state index contributed by atoms with van der Waals surface area (Å²) in [5, 5.41) is 4.16. The Kier molecular flexibility index (Phi) is 8.00. The van der Waals surface area contributed by atoms with E-state index in [2.05, 4.69) is 26.5 Å². The molecule has 26 heavy (non-hydrogen) atoms. The maximum atomic E-state index is 11.9. The van der Waals surface area contributed by atoms with E-state index in [-0.39, 0.29) is 5.91 Å². The summed E-state index contributed by atoms with van der Waals surface area (Å²) in [7, 11) is 3.26. The fraction of sp³-hybridized carbons (Fsp3) is 0.263. The van der Waals surface area contributed by atoms with Crippen LogP contribution in [-0.2, 0) is 10.5 Å². The molecule has 1 amide bonds. The number of ether oxygens (including phenoxy) is 2. The van der Waals surface area contributed by atoms with Crippen molar-refractivity contribution < 1.29 is 14.3 Å². The lowest BCUT2D eigenvalue weighted by atomic mass is 10.1. The van der Waals surface area contributed by atoms with Gasteiger partial charge in [-0.05, 0) is 64.3 Å². The number of nitrogens with one attached hydrogen (secondary N) is 1. The molecule has 7 heteroatoms. The molecule has 5 nitrogen and oxygen atoms in total. The Balaban J connectivity index is 1.81. The average Bonchev–Trinajstić information content (AvgIpc) is 2.66. The third-order valence-corrected chi connectivity index (χ3v) is 5.20. The number of rotatable bonds is 8. The van der Waals surface area contributed by atoms with Crippen molar-refractivity contribution in [2.45, 2.75) is 12.7 Å². The van der Waals surface area contributed by atoms with Gasteiger partial charge in [-0.2, -0.15) is 5.10 Å². The SMILES string of the molecule is COc1ccc(CSCC(=O)N/N=C(/C)c2ccc(OC)c(Br)c2)cc1. The zero-order valence-electron chi connectivity index (χ0n) is 14.9. The number of nitrogens with zero attached hydrogens (tertiary/aromatic N) is 1. The molecule has 0 saturated carbocycles. The van der Waals surface area contributed by atoms with Crippen molar-refractivity contribution in [3.8, 4) is 11.5 Å². The number of amides is 1. The van der Waals surface area contributed by atoms with Crippen LogP contribution in [0.5, 0.6) is 11.5 Å². The molecule has 0 unspecified atom stereocenters. The maximum absolute atomic E-state index is 11.9. The molecule has 1 N–H and O–H groups in total. The van der Waals surface area contributed by atoms with Gasteiger partial charge in [-0.25, -0.2) is 5.43 Å². The third-order valence-electron chi connectivity index (χ3n) is 3.58. The van der Waals surface area contributed by atoms with E-state index >= 15 is 0 Å². The third kappa shape index (κ3) is 6.07. The molecular formula is C19H21BrN2O3S. The van der Waals surface area contributed by atoms with Gasteiger partial charge in [0.05, 0.1) is 30.2 Å². The Bertz CT molecular complexity index is 779. The normalized spacial score (nSPS) is 11.2. The zero-order chi connectivity index (χ0) is 18.9. The van der Waals surface area contributed by atoms with Crippen molar-refractivity contribution >= 4 is 39.3 Å². The number of hydrazone groups is 1. The highest BCUT2D eigenvalue weighted by atomic mass is 79.9. The first-order chi connectivity index (χ1) is 12.5. The van der Waals surface area contributed by atoms with Crippen LogP contribution in [0.15, 0.2) is 52.0 Å². The number of hydrogen-bond donors (Lipinski definition) is 1. The molecule has 0 bridgehead atoms. The van der Waals surface area contributed by atoms with Crippen LogP contribution in [0.2, 0.25) is 0 Å². The fourth-order valence-electron chi connectivity index (χ4n) is 2.12. The number of thioether (sulfide) groups is 1. The number of methoxy groups -OCH3 is 2. The second-order valence-corrected chi connectivity index (χ2v) is 7.26. The fourth-order valence-corrected chi connectivity index (χ4v) is 3.44. The highest BCUT2D eigenvalue weighted by molar-refractivity contribution is 9.10. The Morgan fingerprint density at radius 2 is 1.88 bits per heavy atom. The summed E-state index contributed by atoms with van der Waals surface area (Å²) in [4.78, 5) is 11.9. The first-order valence-corrected chi connectivity index (χ1v) is 9.86. The second-order valence-electron chi connectivity index (χ2n) is 5.42. The van der Waals surface area contributed by atoms with Gasteiger partial charge >= 0.3 is 0 Å². The Morgan fingerprint density at radius 3 is 2.50 bits per heavy atom. The molecule has 2 rings (SSSR count). The molecular weight excluding hydrogens is 416 g/mol. The summed E-state index contributed by atoms with van der Waals surface area (Å²) in [6.45, 7) is 1.85. The maximum Gasteiger partial charge on any atom is 0.250 e. The predicted octanol–water partition coefficient (Wildman–Crippen LogP) is 4.24. The Labute approximate surface area is 166 Å². The van der Waals surface area contributed by atoms with Gasteiger partial charge in [0.1, 0.15) is 11.5 Å². The lowest BCUT2D eigenvalue weighted by molar-refractivity contribution is -0.118. The summed E-state index contributed by atoms with van der Waals surface area (Å²) >= 11 is 4.98. The van der Waals surface area contributed by atoms with E-state index in [1.807, 2.05) is 49.4 Å². The van der Waals surface area contributed by atoms with Crippen molar-refractivity contribution in [2.24, 2.45) is 5.10 Å². The highest BCUT2D eigenvalue weighted by Gasteiger charge is 2.05. The van der Waals surface area contributed by atoms with Gasteiger partial charge in [-0.1, -0.05) is 12.1 Å². The molecule has 2 aromatic rings. The number of benzene rings is 2. The summed E-state index contributed by atoms with van der Waals surface area (Å²) < 4.78 is 11.2. The van der Waals surface area contributed by atoms with E-state index in [1.165, 1.54) is 11.8 Å². The standard InChI is InChI=1S/C19H21BrN2O3S/c1-13(15-6-9-18(25-3)17(20)10-15)21-22-19(23)12-26-11-14-4-7-16(24-2)8-5-14/h4-10H,11-12H2,1-3H3,(H,22,23)/b21-13-. The minimum atomic E-state index is -0.129. The first kappa shape index (κ1) is 20.3. The van der Waals surface area contributed by atoms with E-state index in [1.54, 1.807) is 14.2 Å². The monoisotopic (exact) mass is 436 g/mol. The summed E-state index contributed by atoms with van der Waals surface area (Å²) in [5.74, 6) is 2.54. The van der Waals surface area contributed by atoms with Crippen molar-refractivity contribution in [1.82, 2.24) is 5.43 Å². The zero-order valence-corrected chi connectivity index (χ0v) is 17.3. The lowest BCUT2D eigenvalue weighted by Gasteiger charge is -2.07. The van der Waals surface area contributed by atoms with Crippen LogP contribution in [0.25, 0.3) is 0 Å². The topological polar surface area (TPSA) is 59.9 Å². The number of halogens is 1. The van der Waals surface area contributed by atoms with Crippen LogP contribution in [0.1, 0.15) is 18.1 Å². The van der Waals surface area contributed by atoms with Crippen molar-refractivity contribution in [3.63, 3.8) is 0 Å². The molecule has 0 atom stereocenters. The van der Waals surface area contributed by atoms with E-state index in [4.69, 9.17) is 9.47 Å². The van der Waals surface area contributed by atoms with E-state index < -0.39 is 0 Å². The van der Waals surface area contributed by atoms with Gasteiger partial charge in [-0.15, -0.1) is 11.8 Å². The Morgan fingerprint density at radius 1 is 1.15 bits per heavy atom. The minimum Gasteiger partial charge on any atom is -0.497 e. The molecule has 0 spiro atoms. The largest absolute Gasteiger partial charge is 0.497 e. The number of hydrogen-bond acceptors (Lipinski definition) is 5. The summed E-state index contributed by atoms with van der Waals surface area (Å²) in [6.07, 6.45) is 0. The van der Waals surface area contributed by atoms with E-state index in [0.717, 1.165) is 38.6 Å². The average molecular weight is 437 g/mol. The van der Waals surface area contributed by atoms with Crippen LogP contribution < -0.4 is 14.9 Å². The van der Waals surface area contributed by atoms with Crippen LogP contribution in [0, 0.1) is 0 Å². The molecule has 138 valence electrons. The molecule has 2 aromatic carbocycles. The van der Waals surface area contributed by atoms with Gasteiger partial charge in [0.2, 0.25) is 5.91 Å². The number of carbonyl (C=O) groups is 1. The molecule has 0 aliphatic rings. The Hall–Kier alpha value is -1.99. The second kappa shape index (κ2) is 10.2. The molecule has 0 aliphatic carbocycles. The van der Waals surface area contributed by atoms with Crippen LogP contribution in [0.3, 0.4) is 0 Å². The smallest absolute Gasteiger partial charge is 0.250 e. The van der Waals surface area contributed by atoms with Gasteiger partial charge in [0.25, 0.3) is 0 Å². The van der Waals surface area contributed by atoms with Gasteiger partial charge in [0.15, 0.2) is 0 Å². The summed E-state index contributed by atoms with van der Waals surface area (Å²) in [6, 6.07) is 13.5. The minimum absolute atomic E-state index is 0.129. The lowest BCUT2D eigenvalue weighted by Crippen LogP contribution is -2.21. The molecule has 0 aromatic heterocycles. The molecule has 0 heterocycles. The van der Waals surface area contributed by atoms with Crippen molar-refractivity contribution in [1.29, 1.82) is 0 Å². The van der Waals surface area contributed by atoms with Crippen LogP contribution in [0.4, 0.5) is 0 Å². The molecule has 0 aliphatic heterocycles. The van der Waals surface area contributed by atoms with E-state index in [9.17, 15) is 4.79 Å². The summed E-state index contributed by atoms with van der Waals surface area (Å²) in [5.41, 5.74) is 5.37. The van der Waals surface area contributed by atoms with Gasteiger partial charge in [-0.3, -0.25) is 4.79 Å². The highest BCUT2D eigenvalue weighted by Crippen LogP contribution is 2.25. The predicted molar refractivity (Wildman–Crippen MR) is 110 cm³/mol. The quantitative estimate of drug-likeness (QED) is 0.496. The van der Waals surface area contributed by atoms with Crippen LogP contribution >= 0.6 is 27.7 Å². The molecule has 0 radical (unpaired) electrons. The van der Waals surface area contributed by atoms with E-state index in [0.29, 0.717) is 5.75 Å². The molecule has 0 saturated heterocycles. The first-order valence-electron chi connectivity index (χ1n) is 7.91. The van der Waals surface area contributed by atoms with Crippen LogP contribution in [-0.4, -0.2) is 31.6 Å². The van der Waals surface area contributed by atoms with Crippen molar-refractivity contribution in [3.05, 3.63) is 58.1 Å².